The number of aliphatic carboxylic acids is 1. The molecule has 0 spiro atoms. The number of nitrogens with zero attached hydrogens (tertiary/aromatic N) is 1. The van der Waals surface area contributed by atoms with E-state index >= 15 is 0 Å². The number of aromatic amines is 1. The minimum Gasteiger partial charge on any atom is -0.478 e. The average molecular weight is 467 g/mol. The van der Waals surface area contributed by atoms with Gasteiger partial charge >= 0.3 is 17.9 Å². The Bertz CT molecular complexity index is 1410. The summed E-state index contributed by atoms with van der Waals surface area (Å²) in [6.45, 7) is 1.94. The summed E-state index contributed by atoms with van der Waals surface area (Å²) in [5.74, 6) is -3.80. The molecule has 2 atom stereocenters. The number of carbonyl (C=O) groups is 4. The summed E-state index contributed by atoms with van der Waals surface area (Å²) < 4.78 is 15.4. The number of carboxylic acid groups (broad SMARTS) is 1. The molecule has 1 aliphatic heterocycles. The van der Waals surface area contributed by atoms with Crippen LogP contribution in [0.1, 0.15) is 13.8 Å². The fraction of sp³-hybridized carbons (Fsp3) is 0.182. The Morgan fingerprint density at radius 3 is 2.41 bits per heavy atom. The number of carboxylic acids is 1. The molecule has 0 radical (unpaired) electrons. The van der Waals surface area contributed by atoms with Gasteiger partial charge in [0.1, 0.15) is 17.2 Å². The summed E-state index contributed by atoms with van der Waals surface area (Å²) in [5.41, 5.74) is 0.627. The van der Waals surface area contributed by atoms with E-state index in [0.717, 1.165) is 13.8 Å². The molecule has 3 aromatic rings. The van der Waals surface area contributed by atoms with E-state index in [9.17, 15) is 29.1 Å². The van der Waals surface area contributed by atoms with Crippen LogP contribution in [0.4, 0.5) is 5.69 Å². The van der Waals surface area contributed by atoms with E-state index in [0.29, 0.717) is 33.5 Å². The van der Waals surface area contributed by atoms with E-state index in [1.165, 1.54) is 12.1 Å². The van der Waals surface area contributed by atoms with Gasteiger partial charge in [-0.25, -0.2) is 9.89 Å². The Kier molecular flexibility index (Phi) is 5.72. The minimum atomic E-state index is -2.06. The van der Waals surface area contributed by atoms with Gasteiger partial charge in [0.05, 0.1) is 10.8 Å². The number of anilines is 1. The third kappa shape index (κ3) is 4.16. The van der Waals surface area contributed by atoms with E-state index in [4.69, 9.17) is 9.47 Å². The molecule has 4 rings (SSSR count). The molecule has 1 aliphatic rings. The zero-order valence-corrected chi connectivity index (χ0v) is 17.8. The number of aromatic nitrogens is 2. The molecular weight excluding hydrogens is 450 g/mol. The van der Waals surface area contributed by atoms with Crippen molar-refractivity contribution in [2.24, 2.45) is 0 Å². The molecule has 3 N–H and O–H groups in total. The standard InChI is InChI=1S/C22H17N3O9/c1-9(26)32-18(19(22(30)31)33-10(2)27)21(29)23-11-6-7-14-13(8-11)17-16-12(20(28)25-24-17)4-3-5-15(16)34-14/h3-8,18-19H,1-2H3,(H,23,29)(H,25,28)(H,30,31). The Balaban J connectivity index is 1.70. The molecule has 0 aliphatic carbocycles. The normalized spacial score (nSPS) is 13.1. The Hall–Kier alpha value is -4.74. The van der Waals surface area contributed by atoms with E-state index in [2.05, 4.69) is 20.3 Å². The van der Waals surface area contributed by atoms with Crippen LogP contribution in [-0.2, 0) is 28.7 Å². The minimum absolute atomic E-state index is 0.178. The van der Waals surface area contributed by atoms with Crippen molar-refractivity contribution in [2.75, 3.05) is 5.32 Å². The van der Waals surface area contributed by atoms with Crippen LogP contribution in [0.15, 0.2) is 41.2 Å². The molecule has 2 heterocycles. The summed E-state index contributed by atoms with van der Waals surface area (Å²) in [6.07, 6.45) is -4.01. The van der Waals surface area contributed by atoms with Crippen molar-refractivity contribution in [2.45, 2.75) is 26.1 Å². The number of H-pyrrole nitrogens is 1. The average Bonchev–Trinajstić information content (AvgIpc) is 2.77. The quantitative estimate of drug-likeness (QED) is 0.353. The monoisotopic (exact) mass is 467 g/mol. The second-order valence-electron chi connectivity index (χ2n) is 7.28. The SMILES string of the molecule is CC(=O)OC(C(=O)O)C(OC(C)=O)C(=O)Nc1ccc2c(c1)-c1n[nH]c(=O)c3cccc(c13)O2. The largest absolute Gasteiger partial charge is 0.478 e. The number of ether oxygens (including phenoxy) is 3. The van der Waals surface area contributed by atoms with Crippen molar-refractivity contribution < 1.29 is 38.5 Å². The molecule has 0 saturated heterocycles. The third-order valence-corrected chi connectivity index (χ3v) is 4.86. The van der Waals surface area contributed by atoms with Crippen molar-refractivity contribution in [3.05, 3.63) is 46.8 Å². The predicted molar refractivity (Wildman–Crippen MR) is 115 cm³/mol. The summed E-state index contributed by atoms with van der Waals surface area (Å²) in [5, 5.41) is 19.2. The molecule has 2 unspecified atom stereocenters. The van der Waals surface area contributed by atoms with E-state index in [1.54, 1.807) is 24.3 Å². The van der Waals surface area contributed by atoms with Crippen LogP contribution < -0.4 is 15.6 Å². The maximum Gasteiger partial charge on any atom is 0.349 e. The van der Waals surface area contributed by atoms with Gasteiger partial charge < -0.3 is 24.6 Å². The van der Waals surface area contributed by atoms with Gasteiger partial charge in [-0.2, -0.15) is 5.10 Å². The van der Waals surface area contributed by atoms with Crippen molar-refractivity contribution >= 4 is 40.3 Å². The van der Waals surface area contributed by atoms with Crippen molar-refractivity contribution in [1.29, 1.82) is 0 Å². The summed E-state index contributed by atoms with van der Waals surface area (Å²) in [7, 11) is 0. The van der Waals surface area contributed by atoms with Crippen LogP contribution >= 0.6 is 0 Å². The fourth-order valence-corrected chi connectivity index (χ4v) is 3.53. The van der Waals surface area contributed by atoms with Gasteiger partial charge in [-0.3, -0.25) is 19.2 Å². The number of nitrogens with one attached hydrogen (secondary N) is 2. The van der Waals surface area contributed by atoms with Crippen molar-refractivity contribution in [3.8, 4) is 22.8 Å². The number of esters is 2. The Morgan fingerprint density at radius 1 is 1.03 bits per heavy atom. The maximum absolute atomic E-state index is 12.8. The second kappa shape index (κ2) is 8.65. The summed E-state index contributed by atoms with van der Waals surface area (Å²) in [6, 6.07) is 9.49. The molecular formula is C22H17N3O9. The van der Waals surface area contributed by atoms with Crippen LogP contribution in [0.25, 0.3) is 22.0 Å². The first kappa shape index (κ1) is 22.5. The van der Waals surface area contributed by atoms with E-state index in [-0.39, 0.29) is 5.69 Å². The lowest BCUT2D eigenvalue weighted by molar-refractivity contribution is -0.179. The molecule has 174 valence electrons. The molecule has 1 amide bonds. The fourth-order valence-electron chi connectivity index (χ4n) is 3.53. The van der Waals surface area contributed by atoms with Crippen LogP contribution in [0, 0.1) is 0 Å². The molecule has 0 fully saturated rings. The summed E-state index contributed by atoms with van der Waals surface area (Å²) >= 11 is 0. The zero-order valence-electron chi connectivity index (χ0n) is 17.8. The highest BCUT2D eigenvalue weighted by Crippen LogP contribution is 2.45. The van der Waals surface area contributed by atoms with Gasteiger partial charge in [0.25, 0.3) is 11.5 Å². The van der Waals surface area contributed by atoms with Crippen LogP contribution in [-0.4, -0.2) is 51.3 Å². The molecule has 34 heavy (non-hydrogen) atoms. The maximum atomic E-state index is 12.8. The van der Waals surface area contributed by atoms with E-state index < -0.39 is 41.6 Å². The van der Waals surface area contributed by atoms with Crippen molar-refractivity contribution in [1.82, 2.24) is 10.2 Å². The number of rotatable bonds is 6. The number of hydrogen-bond donors (Lipinski definition) is 3. The number of fused-ring (bicyclic) bond motifs is 2. The molecule has 12 heteroatoms. The van der Waals surface area contributed by atoms with Gasteiger partial charge in [0, 0.05) is 25.1 Å². The second-order valence-corrected chi connectivity index (χ2v) is 7.28. The number of amides is 1. The van der Waals surface area contributed by atoms with Crippen LogP contribution in [0.3, 0.4) is 0 Å². The van der Waals surface area contributed by atoms with E-state index in [1.807, 2.05) is 0 Å². The van der Waals surface area contributed by atoms with Gasteiger partial charge in [-0.1, -0.05) is 6.07 Å². The predicted octanol–water partition coefficient (Wildman–Crippen LogP) is 1.58. The first-order chi connectivity index (χ1) is 16.2. The highest BCUT2D eigenvalue weighted by Gasteiger charge is 2.39. The molecule has 1 aromatic heterocycles. The topological polar surface area (TPSA) is 174 Å². The van der Waals surface area contributed by atoms with Gasteiger partial charge in [0.2, 0.25) is 12.2 Å². The zero-order chi connectivity index (χ0) is 24.6. The van der Waals surface area contributed by atoms with Crippen molar-refractivity contribution in [3.63, 3.8) is 0 Å². The van der Waals surface area contributed by atoms with Crippen LogP contribution in [0.2, 0.25) is 0 Å². The van der Waals surface area contributed by atoms with Gasteiger partial charge in [-0.05, 0) is 30.3 Å². The lowest BCUT2D eigenvalue weighted by atomic mass is 10.0. The summed E-state index contributed by atoms with van der Waals surface area (Å²) in [4.78, 5) is 59.3. The first-order valence-corrected chi connectivity index (χ1v) is 9.87. The first-order valence-electron chi connectivity index (χ1n) is 9.87. The van der Waals surface area contributed by atoms with Gasteiger partial charge in [-0.15, -0.1) is 0 Å². The molecule has 0 bridgehead atoms. The lowest BCUT2D eigenvalue weighted by Crippen LogP contribution is -2.47. The Labute approximate surface area is 190 Å². The van der Waals surface area contributed by atoms with Crippen LogP contribution in [0.5, 0.6) is 11.5 Å². The number of benzene rings is 2. The number of hydrogen-bond acceptors (Lipinski definition) is 9. The smallest absolute Gasteiger partial charge is 0.349 e. The highest BCUT2D eigenvalue weighted by atomic mass is 16.6. The Morgan fingerprint density at radius 2 is 1.74 bits per heavy atom. The molecule has 0 saturated carbocycles. The highest BCUT2D eigenvalue weighted by molar-refractivity contribution is 6.03. The van der Waals surface area contributed by atoms with Gasteiger partial charge in [0.15, 0.2) is 0 Å². The lowest BCUT2D eigenvalue weighted by Gasteiger charge is -2.23. The molecule has 12 nitrogen and oxygen atoms in total. The molecule has 2 aromatic carbocycles. The third-order valence-electron chi connectivity index (χ3n) is 4.86. The number of carbonyl (C=O) groups excluding carboxylic acids is 3.